The maximum Gasteiger partial charge on any atom is 0.324 e. The third kappa shape index (κ3) is 4.03. The molecule has 1 atom stereocenters. The first-order chi connectivity index (χ1) is 13.8. The Hall–Kier alpha value is -3.89. The molecule has 1 heterocycles. The maximum atomic E-state index is 10.4. The van der Waals surface area contributed by atoms with Crippen LogP contribution in [-0.4, -0.2) is 32.1 Å². The molecule has 0 fully saturated rings. The molecule has 0 radical (unpaired) electrons. The number of nitro groups is 3. The normalized spacial score (nSPS) is 16.6. The predicted octanol–water partition coefficient (Wildman–Crippen LogP) is 3.56. The summed E-state index contributed by atoms with van der Waals surface area (Å²) in [6, 6.07) is 9.62. The minimum absolute atomic E-state index is 0.447. The van der Waals surface area contributed by atoms with Crippen LogP contribution in [0, 0.1) is 36.3 Å². The monoisotopic (exact) mass is 400 g/mol. The van der Waals surface area contributed by atoms with Gasteiger partial charge in [-0.25, -0.2) is 0 Å². The highest BCUT2D eigenvalue weighted by molar-refractivity contribution is 6.05. The van der Waals surface area contributed by atoms with Gasteiger partial charge in [0.05, 0.1) is 26.9 Å². The zero-order chi connectivity index (χ0) is 21.1. The van der Waals surface area contributed by atoms with E-state index in [-0.39, 0.29) is 0 Å². The van der Waals surface area contributed by atoms with Crippen LogP contribution in [0.5, 0.6) is 5.75 Å². The summed E-state index contributed by atoms with van der Waals surface area (Å²) in [5, 5.41) is 40.2. The van der Waals surface area contributed by atoms with Crippen LogP contribution in [-0.2, 0) is 6.42 Å². The number of phenols is 1. The number of benzene rings is 2. The lowest BCUT2D eigenvalue weighted by molar-refractivity contribution is -0.404. The Morgan fingerprint density at radius 2 is 1.55 bits per heavy atom. The summed E-state index contributed by atoms with van der Waals surface area (Å²) in [6.07, 6.45) is 3.85. The topological polar surface area (TPSA) is 162 Å². The van der Waals surface area contributed by atoms with Gasteiger partial charge in [-0.05, 0) is 30.4 Å². The molecule has 0 saturated carbocycles. The van der Waals surface area contributed by atoms with Gasteiger partial charge in [0, 0.05) is 18.2 Å². The maximum absolute atomic E-state index is 10.4. The molecule has 2 aliphatic rings. The molecule has 0 saturated heterocycles. The number of aromatic hydroxyl groups is 1. The van der Waals surface area contributed by atoms with Crippen molar-refractivity contribution in [2.24, 2.45) is 10.9 Å². The van der Waals surface area contributed by atoms with Gasteiger partial charge in [-0.3, -0.25) is 35.3 Å². The number of nitrogens with zero attached hydrogens (tertiary/aromatic N) is 4. The van der Waals surface area contributed by atoms with Crippen LogP contribution in [0.2, 0.25) is 0 Å². The number of nitro benzene ring substituents is 3. The van der Waals surface area contributed by atoms with E-state index in [0.717, 1.165) is 12.5 Å². The van der Waals surface area contributed by atoms with Gasteiger partial charge in [-0.15, -0.1) is 0 Å². The van der Waals surface area contributed by atoms with E-state index in [0.29, 0.717) is 12.1 Å². The van der Waals surface area contributed by atoms with E-state index in [1.807, 2.05) is 0 Å². The standard InChI is InChI=1S/C12H13N.C6H3N3O7/c1-2-4-11-9(3-1)5-6-10-7-8-13-12(10)11;10-6-4(8(13)14)1-3(7(11)12)2-5(6)9(15)16/h1-4,10H,5-8H2;1-2,10H. The number of aliphatic imine (C=N–C) groups is 1. The number of fused-ring (bicyclic) bond motifs is 3. The van der Waals surface area contributed by atoms with Crippen molar-refractivity contribution in [2.75, 3.05) is 6.54 Å². The van der Waals surface area contributed by atoms with E-state index in [1.165, 1.54) is 36.1 Å². The van der Waals surface area contributed by atoms with Crippen molar-refractivity contribution in [1.29, 1.82) is 0 Å². The summed E-state index contributed by atoms with van der Waals surface area (Å²) in [5.41, 5.74) is 1.32. The molecular weight excluding hydrogens is 384 g/mol. The number of aryl methyl sites for hydroxylation is 1. The molecule has 1 aliphatic heterocycles. The molecule has 1 aliphatic carbocycles. The highest BCUT2D eigenvalue weighted by Crippen LogP contribution is 2.39. The van der Waals surface area contributed by atoms with Crippen molar-refractivity contribution < 1.29 is 19.9 Å². The lowest BCUT2D eigenvalue weighted by atomic mass is 9.82. The molecule has 0 amide bonds. The molecule has 0 bridgehead atoms. The molecule has 11 nitrogen and oxygen atoms in total. The van der Waals surface area contributed by atoms with Crippen molar-refractivity contribution in [2.45, 2.75) is 19.3 Å². The van der Waals surface area contributed by atoms with Crippen LogP contribution in [0.25, 0.3) is 0 Å². The number of non-ortho nitro benzene ring substituents is 1. The fraction of sp³-hybridized carbons (Fsp3) is 0.278. The van der Waals surface area contributed by atoms with Gasteiger partial charge in [-0.2, -0.15) is 0 Å². The minimum Gasteiger partial charge on any atom is -0.497 e. The molecule has 2 aromatic carbocycles. The predicted molar refractivity (Wildman–Crippen MR) is 102 cm³/mol. The van der Waals surface area contributed by atoms with Gasteiger partial charge >= 0.3 is 11.4 Å². The van der Waals surface area contributed by atoms with Crippen LogP contribution in [0.3, 0.4) is 0 Å². The number of hydrogen-bond acceptors (Lipinski definition) is 8. The van der Waals surface area contributed by atoms with Gasteiger partial charge in [-0.1, -0.05) is 24.3 Å². The molecule has 150 valence electrons. The SMILES string of the molecule is O=[N+]([O-])c1cc([N+](=O)[O-])c(O)c([N+](=O)[O-])c1.c1ccc2c(c1)CCC1CCN=C21. The summed E-state index contributed by atoms with van der Waals surface area (Å²) in [5.74, 6) is -0.435. The van der Waals surface area contributed by atoms with Crippen LogP contribution in [0.1, 0.15) is 24.0 Å². The van der Waals surface area contributed by atoms with Crippen molar-refractivity contribution >= 4 is 22.8 Å². The Balaban J connectivity index is 0.000000168. The van der Waals surface area contributed by atoms with Crippen LogP contribution in [0.4, 0.5) is 17.1 Å². The van der Waals surface area contributed by atoms with Gasteiger partial charge in [0.25, 0.3) is 11.4 Å². The summed E-state index contributed by atoms with van der Waals surface area (Å²) >= 11 is 0. The quantitative estimate of drug-likeness (QED) is 0.608. The Bertz CT molecular complexity index is 1000. The minimum atomic E-state index is -1.21. The smallest absolute Gasteiger partial charge is 0.324 e. The lowest BCUT2D eigenvalue weighted by Gasteiger charge is -2.21. The second kappa shape index (κ2) is 8.00. The molecule has 2 aromatic rings. The Morgan fingerprint density at radius 3 is 2.14 bits per heavy atom. The second-order valence-electron chi connectivity index (χ2n) is 6.55. The first kappa shape index (κ1) is 19.9. The van der Waals surface area contributed by atoms with E-state index in [9.17, 15) is 30.3 Å². The third-order valence-electron chi connectivity index (χ3n) is 4.86. The molecule has 29 heavy (non-hydrogen) atoms. The first-order valence-corrected chi connectivity index (χ1v) is 8.72. The van der Waals surface area contributed by atoms with Gasteiger partial charge < -0.3 is 5.11 Å². The Kier molecular flexibility index (Phi) is 5.48. The third-order valence-corrected chi connectivity index (χ3v) is 4.86. The van der Waals surface area contributed by atoms with Crippen LogP contribution < -0.4 is 0 Å². The Morgan fingerprint density at radius 1 is 0.931 bits per heavy atom. The summed E-state index contributed by atoms with van der Waals surface area (Å²) in [7, 11) is 0. The van der Waals surface area contributed by atoms with Crippen molar-refractivity contribution in [3.63, 3.8) is 0 Å². The fourth-order valence-corrected chi connectivity index (χ4v) is 3.48. The average molecular weight is 400 g/mol. The van der Waals surface area contributed by atoms with E-state index >= 15 is 0 Å². The number of phenolic OH excluding ortho intramolecular Hbond substituents is 1. The number of hydrogen-bond donors (Lipinski definition) is 1. The zero-order valence-corrected chi connectivity index (χ0v) is 15.1. The van der Waals surface area contributed by atoms with Gasteiger partial charge in [0.15, 0.2) is 0 Å². The van der Waals surface area contributed by atoms with Gasteiger partial charge in [0.1, 0.15) is 0 Å². The van der Waals surface area contributed by atoms with E-state index in [1.54, 1.807) is 0 Å². The highest BCUT2D eigenvalue weighted by Gasteiger charge is 2.30. The van der Waals surface area contributed by atoms with E-state index in [4.69, 9.17) is 5.11 Å². The van der Waals surface area contributed by atoms with E-state index in [2.05, 4.69) is 29.3 Å². The molecule has 1 unspecified atom stereocenters. The first-order valence-electron chi connectivity index (χ1n) is 8.72. The van der Waals surface area contributed by atoms with Crippen LogP contribution in [0.15, 0.2) is 41.4 Å². The molecule has 0 spiro atoms. The zero-order valence-electron chi connectivity index (χ0n) is 15.1. The van der Waals surface area contributed by atoms with Crippen molar-refractivity contribution in [3.8, 4) is 5.75 Å². The van der Waals surface area contributed by atoms with Crippen molar-refractivity contribution in [3.05, 3.63) is 77.9 Å². The van der Waals surface area contributed by atoms with Crippen LogP contribution >= 0.6 is 0 Å². The Labute approximate surface area is 163 Å². The van der Waals surface area contributed by atoms with E-state index < -0.39 is 37.6 Å². The lowest BCUT2D eigenvalue weighted by Crippen LogP contribution is -2.19. The molecule has 1 N–H and O–H groups in total. The largest absolute Gasteiger partial charge is 0.497 e. The summed E-state index contributed by atoms with van der Waals surface area (Å²) in [6.45, 7) is 1.05. The highest BCUT2D eigenvalue weighted by atomic mass is 16.6. The van der Waals surface area contributed by atoms with Crippen molar-refractivity contribution in [1.82, 2.24) is 0 Å². The average Bonchev–Trinajstić information content (AvgIpc) is 3.17. The molecule has 11 heteroatoms. The molecule has 0 aromatic heterocycles. The fourth-order valence-electron chi connectivity index (χ4n) is 3.48. The number of rotatable bonds is 3. The molecular formula is C18H16N4O7. The molecule has 4 rings (SSSR count). The second-order valence-corrected chi connectivity index (χ2v) is 6.55. The van der Waals surface area contributed by atoms with Gasteiger partial charge in [0.2, 0.25) is 0 Å². The summed E-state index contributed by atoms with van der Waals surface area (Å²) in [4.78, 5) is 32.4. The summed E-state index contributed by atoms with van der Waals surface area (Å²) < 4.78 is 0.